The lowest BCUT2D eigenvalue weighted by molar-refractivity contribution is -0.142. The normalized spacial score (nSPS) is 11.9. The molecule has 0 radical (unpaired) electrons. The summed E-state index contributed by atoms with van der Waals surface area (Å²) in [6.07, 6.45) is 2.93. The molecular formula is C23H24N4O5. The molecule has 9 heteroatoms. The van der Waals surface area contributed by atoms with E-state index >= 15 is 0 Å². The zero-order chi connectivity index (χ0) is 23.3. The van der Waals surface area contributed by atoms with Gasteiger partial charge in [-0.05, 0) is 38.7 Å². The first kappa shape index (κ1) is 22.9. The summed E-state index contributed by atoms with van der Waals surface area (Å²) in [6.45, 7) is 3.08. The fraction of sp³-hybridized carbons (Fsp3) is 0.348. The maximum atomic E-state index is 12.5. The predicted molar refractivity (Wildman–Crippen MR) is 117 cm³/mol. The number of H-pyrrole nitrogens is 1. The second-order valence-corrected chi connectivity index (χ2v) is 7.78. The molecule has 2 N–H and O–H groups in total. The second kappa shape index (κ2) is 10.0. The molecule has 1 atom stereocenters. The first-order valence-electron chi connectivity index (χ1n) is 10.3. The monoisotopic (exact) mass is 436 g/mol. The number of Topliss-reactive ketones (excluding diaryl/α,β-unsaturated/α-hetero) is 2. The van der Waals surface area contributed by atoms with Crippen LogP contribution >= 0.6 is 0 Å². The number of carbonyl (C=O) groups is 3. The van der Waals surface area contributed by atoms with Crippen molar-refractivity contribution < 1.29 is 19.5 Å². The fourth-order valence-electron chi connectivity index (χ4n) is 3.35. The van der Waals surface area contributed by atoms with Gasteiger partial charge in [0.05, 0.1) is 17.8 Å². The highest BCUT2D eigenvalue weighted by Crippen LogP contribution is 2.17. The number of hydrogen-bond donors (Lipinski definition) is 2. The first-order valence-corrected chi connectivity index (χ1v) is 10.3. The van der Waals surface area contributed by atoms with Crippen molar-refractivity contribution in [1.82, 2.24) is 19.9 Å². The Hall–Kier alpha value is -3.75. The number of aryl methyl sites for hydroxylation is 3. The molecule has 1 aromatic carbocycles. The average molecular weight is 436 g/mol. The largest absolute Gasteiger partial charge is 0.481 e. The zero-order valence-electron chi connectivity index (χ0n) is 17.9. The summed E-state index contributed by atoms with van der Waals surface area (Å²) in [5.74, 6) is -1.83. The number of nitrogens with zero attached hydrogens (tertiary/aromatic N) is 3. The summed E-state index contributed by atoms with van der Waals surface area (Å²) in [5, 5.41) is 9.30. The minimum atomic E-state index is -1.07. The van der Waals surface area contributed by atoms with Crippen molar-refractivity contribution in [3.05, 3.63) is 63.5 Å². The van der Waals surface area contributed by atoms with Crippen molar-refractivity contribution in [3.63, 3.8) is 0 Å². The molecule has 0 fully saturated rings. The Morgan fingerprint density at radius 1 is 1.09 bits per heavy atom. The third kappa shape index (κ3) is 5.90. The number of hydrogen-bond acceptors (Lipinski definition) is 7. The average Bonchev–Trinajstić information content (AvgIpc) is 2.75. The van der Waals surface area contributed by atoms with Gasteiger partial charge in [-0.1, -0.05) is 24.3 Å². The lowest BCUT2D eigenvalue weighted by Crippen LogP contribution is -2.19. The van der Waals surface area contributed by atoms with Crippen molar-refractivity contribution in [1.29, 1.82) is 0 Å². The van der Waals surface area contributed by atoms with E-state index in [9.17, 15) is 24.3 Å². The fourth-order valence-corrected chi connectivity index (χ4v) is 3.35. The quantitative estimate of drug-likeness (QED) is 0.461. The number of aliphatic carboxylic acids is 1. The van der Waals surface area contributed by atoms with Crippen molar-refractivity contribution >= 4 is 28.7 Å². The highest BCUT2D eigenvalue weighted by Gasteiger charge is 2.22. The number of nitrogens with one attached hydrogen (secondary N) is 1. The van der Waals surface area contributed by atoms with Gasteiger partial charge in [-0.2, -0.15) is 0 Å². The van der Waals surface area contributed by atoms with Crippen LogP contribution in [0.25, 0.3) is 11.2 Å². The summed E-state index contributed by atoms with van der Waals surface area (Å²) >= 11 is 0. The van der Waals surface area contributed by atoms with E-state index in [0.717, 1.165) is 5.56 Å². The minimum Gasteiger partial charge on any atom is -0.481 e. The van der Waals surface area contributed by atoms with E-state index in [1.807, 2.05) is 12.1 Å². The number of aromatic amines is 1. The highest BCUT2D eigenvalue weighted by atomic mass is 16.4. The van der Waals surface area contributed by atoms with Crippen molar-refractivity contribution in [2.75, 3.05) is 0 Å². The molecule has 2 heterocycles. The Labute approximate surface area is 184 Å². The standard InChI is InChI=1S/C23H24N4O5/c1-13(28)3-7-17(23(31)32)11-19(29)16-8-4-15(5-9-16)6-10-18-12-24-21-20(27-18)22(30)26-14(2)25-21/h4-5,8-9,12,17H,3,6-7,10-11H2,1-2H3,(H,31,32)(H,24,25,26,30)/t17-/m1/s1. The molecule has 0 bridgehead atoms. The number of fused-ring (bicyclic) bond motifs is 1. The molecule has 0 aliphatic carbocycles. The second-order valence-electron chi connectivity index (χ2n) is 7.78. The van der Waals surface area contributed by atoms with Gasteiger partial charge in [0.1, 0.15) is 11.6 Å². The summed E-state index contributed by atoms with van der Waals surface area (Å²) in [4.78, 5) is 62.3. The number of aromatic nitrogens is 4. The van der Waals surface area contributed by atoms with E-state index in [1.54, 1.807) is 25.3 Å². The van der Waals surface area contributed by atoms with Crippen LogP contribution in [0.2, 0.25) is 0 Å². The Morgan fingerprint density at radius 3 is 2.47 bits per heavy atom. The molecule has 0 spiro atoms. The Balaban J connectivity index is 1.62. The van der Waals surface area contributed by atoms with Crippen molar-refractivity contribution in [2.24, 2.45) is 5.92 Å². The molecule has 0 aliphatic heterocycles. The molecule has 3 aromatic rings. The summed E-state index contributed by atoms with van der Waals surface area (Å²) in [5.41, 5.74) is 2.23. The van der Waals surface area contributed by atoms with Crippen LogP contribution in [0.15, 0.2) is 35.3 Å². The third-order valence-electron chi connectivity index (χ3n) is 5.16. The van der Waals surface area contributed by atoms with Gasteiger partial charge in [0.2, 0.25) is 0 Å². The van der Waals surface area contributed by atoms with Crippen LogP contribution in [0.1, 0.15) is 53.6 Å². The lowest BCUT2D eigenvalue weighted by atomic mass is 9.93. The highest BCUT2D eigenvalue weighted by molar-refractivity contribution is 5.98. The lowest BCUT2D eigenvalue weighted by Gasteiger charge is -2.11. The van der Waals surface area contributed by atoms with Gasteiger partial charge >= 0.3 is 5.97 Å². The summed E-state index contributed by atoms with van der Waals surface area (Å²) in [6, 6.07) is 6.96. The molecule has 166 valence electrons. The van der Waals surface area contributed by atoms with Crippen LogP contribution in [0, 0.1) is 12.8 Å². The van der Waals surface area contributed by atoms with Gasteiger partial charge in [-0.15, -0.1) is 0 Å². The van der Waals surface area contributed by atoms with E-state index in [0.29, 0.717) is 35.6 Å². The van der Waals surface area contributed by atoms with Crippen molar-refractivity contribution in [3.8, 4) is 0 Å². The molecule has 2 aromatic heterocycles. The maximum Gasteiger partial charge on any atom is 0.306 e. The Kier molecular flexibility index (Phi) is 7.19. The topological polar surface area (TPSA) is 143 Å². The van der Waals surface area contributed by atoms with Crippen LogP contribution in [-0.4, -0.2) is 42.6 Å². The number of benzene rings is 1. The van der Waals surface area contributed by atoms with Crippen LogP contribution in [-0.2, 0) is 22.4 Å². The van der Waals surface area contributed by atoms with Gasteiger partial charge in [0, 0.05) is 18.4 Å². The number of carboxylic acid groups (broad SMARTS) is 1. The van der Waals surface area contributed by atoms with Crippen LogP contribution in [0.5, 0.6) is 0 Å². The van der Waals surface area contributed by atoms with Crippen LogP contribution < -0.4 is 5.56 Å². The molecule has 0 saturated carbocycles. The Bertz CT molecular complexity index is 1220. The van der Waals surface area contributed by atoms with Crippen molar-refractivity contribution in [2.45, 2.75) is 46.0 Å². The number of ketones is 2. The molecule has 9 nitrogen and oxygen atoms in total. The van der Waals surface area contributed by atoms with E-state index < -0.39 is 11.9 Å². The first-order chi connectivity index (χ1) is 15.2. The molecule has 0 aliphatic rings. The predicted octanol–water partition coefficient (Wildman–Crippen LogP) is 2.45. The number of carboxylic acids is 1. The van der Waals surface area contributed by atoms with E-state index in [4.69, 9.17) is 0 Å². The van der Waals surface area contributed by atoms with Gasteiger partial charge in [0.25, 0.3) is 5.56 Å². The van der Waals surface area contributed by atoms with Gasteiger partial charge in [-0.25, -0.2) is 15.0 Å². The zero-order valence-corrected chi connectivity index (χ0v) is 17.9. The van der Waals surface area contributed by atoms with E-state index in [1.165, 1.54) is 6.92 Å². The summed E-state index contributed by atoms with van der Waals surface area (Å²) < 4.78 is 0. The van der Waals surface area contributed by atoms with E-state index in [2.05, 4.69) is 19.9 Å². The van der Waals surface area contributed by atoms with Crippen LogP contribution in [0.4, 0.5) is 0 Å². The SMILES string of the molecule is CC(=O)CC[C@H](CC(=O)c1ccc(CCc2cnc3nc(C)[nH]c(=O)c3n2)cc1)C(=O)O. The molecular weight excluding hydrogens is 412 g/mol. The van der Waals surface area contributed by atoms with Gasteiger partial charge in [-0.3, -0.25) is 14.4 Å². The summed E-state index contributed by atoms with van der Waals surface area (Å²) in [7, 11) is 0. The number of carbonyl (C=O) groups excluding carboxylic acids is 2. The van der Waals surface area contributed by atoms with Gasteiger partial charge < -0.3 is 14.9 Å². The van der Waals surface area contributed by atoms with E-state index in [-0.39, 0.29) is 41.9 Å². The molecule has 3 rings (SSSR count). The molecule has 0 amide bonds. The third-order valence-corrected chi connectivity index (χ3v) is 5.16. The molecule has 0 saturated heterocycles. The van der Waals surface area contributed by atoms with Gasteiger partial charge in [0.15, 0.2) is 16.9 Å². The Morgan fingerprint density at radius 2 is 1.81 bits per heavy atom. The maximum absolute atomic E-state index is 12.5. The molecule has 0 unspecified atom stereocenters. The number of rotatable bonds is 10. The van der Waals surface area contributed by atoms with Crippen LogP contribution in [0.3, 0.4) is 0 Å². The minimum absolute atomic E-state index is 0.0971. The smallest absolute Gasteiger partial charge is 0.306 e. The molecule has 32 heavy (non-hydrogen) atoms.